The summed E-state index contributed by atoms with van der Waals surface area (Å²) in [5, 5.41) is 9.43. The van der Waals surface area contributed by atoms with E-state index >= 15 is 0 Å². The first-order valence-electron chi connectivity index (χ1n) is 17.6. The minimum Gasteiger partial charge on any atom is -0.450 e. The number of carbonyl (C=O) groups excluding carboxylic acids is 2. The number of fused-ring (bicyclic) bond motifs is 1. The molecule has 11 nitrogen and oxygen atoms in total. The van der Waals surface area contributed by atoms with E-state index < -0.39 is 35.6 Å². The average Bonchev–Trinajstić information content (AvgIpc) is 3.55. The molecule has 0 radical (unpaired) electrons. The molecule has 4 atom stereocenters. The molecule has 264 valence electrons. The van der Waals surface area contributed by atoms with E-state index in [9.17, 15) is 9.59 Å². The van der Waals surface area contributed by atoms with E-state index in [2.05, 4.69) is 33.0 Å². The van der Waals surface area contributed by atoms with E-state index in [-0.39, 0.29) is 24.8 Å². The Morgan fingerprint density at radius 3 is 2.52 bits per heavy atom. The molecule has 1 aromatic carbocycles. The van der Waals surface area contributed by atoms with Crippen LogP contribution in [-0.2, 0) is 23.5 Å². The molecule has 4 aliphatic rings. The molecule has 1 aromatic heterocycles. The quantitative estimate of drug-likeness (QED) is 0.321. The number of carbonyl (C=O) groups is 2. The average molecular weight is 687 g/mol. The van der Waals surface area contributed by atoms with Crippen LogP contribution in [-0.4, -0.2) is 82.6 Å². The van der Waals surface area contributed by atoms with Crippen molar-refractivity contribution < 1.29 is 33.1 Å². The summed E-state index contributed by atoms with van der Waals surface area (Å²) in [7, 11) is -0.601. The van der Waals surface area contributed by atoms with Crippen LogP contribution in [0.15, 0.2) is 12.3 Å². The zero-order valence-corrected chi connectivity index (χ0v) is 30.6. The van der Waals surface area contributed by atoms with Crippen molar-refractivity contribution in [2.24, 2.45) is 5.92 Å². The molecule has 3 saturated heterocycles. The predicted octanol–water partition coefficient (Wildman–Crippen LogP) is 6.70. The van der Waals surface area contributed by atoms with Gasteiger partial charge in [-0.3, -0.25) is 0 Å². The number of nitrogens with zero attached hydrogens (tertiary/aromatic N) is 3. The maximum absolute atomic E-state index is 12.9. The summed E-state index contributed by atoms with van der Waals surface area (Å²) >= 11 is 7.15. The van der Waals surface area contributed by atoms with Gasteiger partial charge in [0, 0.05) is 30.1 Å². The summed E-state index contributed by atoms with van der Waals surface area (Å²) in [6.07, 6.45) is 7.12. The van der Waals surface area contributed by atoms with Gasteiger partial charge < -0.3 is 33.7 Å². The number of aromatic nitrogens is 2. The third-order valence-corrected chi connectivity index (χ3v) is 10.9. The van der Waals surface area contributed by atoms with Gasteiger partial charge in [0.15, 0.2) is 6.23 Å². The molecule has 48 heavy (non-hydrogen) atoms. The molecule has 3 aliphatic heterocycles. The van der Waals surface area contributed by atoms with Gasteiger partial charge in [0.2, 0.25) is 0 Å². The number of amides is 2. The molecule has 4 heterocycles. The van der Waals surface area contributed by atoms with Crippen molar-refractivity contribution in [1.82, 2.24) is 20.0 Å². The normalized spacial score (nSPS) is 28.4. The lowest BCUT2D eigenvalue weighted by Crippen LogP contribution is -2.58. The molecule has 1 unspecified atom stereocenters. The number of likely N-dealkylation sites (tertiary alicyclic amines) is 1. The molecule has 1 N–H and O–H groups in total. The number of piperidine rings is 1. The van der Waals surface area contributed by atoms with Gasteiger partial charge in [-0.2, -0.15) is 5.10 Å². The van der Waals surface area contributed by atoms with Crippen molar-refractivity contribution in [2.45, 2.75) is 135 Å². The first-order valence-corrected chi connectivity index (χ1v) is 17.9. The molecule has 1 aliphatic carbocycles. The summed E-state index contributed by atoms with van der Waals surface area (Å²) in [6.45, 7) is 17.7. The van der Waals surface area contributed by atoms with Gasteiger partial charge in [-0.05, 0) is 129 Å². The Morgan fingerprint density at radius 2 is 1.85 bits per heavy atom. The van der Waals surface area contributed by atoms with Crippen molar-refractivity contribution in [3.8, 4) is 0 Å². The number of rotatable bonds is 7. The Hall–Kier alpha value is -2.54. The van der Waals surface area contributed by atoms with Gasteiger partial charge in [0.25, 0.3) is 0 Å². The smallest absolute Gasteiger partial charge is 0.450 e. The van der Waals surface area contributed by atoms with Crippen LogP contribution >= 0.6 is 11.6 Å². The Kier molecular flexibility index (Phi) is 9.54. The SMILES string of the molecule is CC(C)(C)OC(=O)N1CCC[C@@](C)(NC(=O)OCC[C@@H]2C[C@@H]2c2c(Cl)cc3c(cnn3C3CCCCO3)c2B2OC(C)(C)C(C)(C)O2)C1. The number of halogens is 1. The molecule has 0 bridgehead atoms. The number of alkyl carbamates (subject to hydrolysis) is 1. The highest BCUT2D eigenvalue weighted by molar-refractivity contribution is 6.66. The molecule has 4 fully saturated rings. The highest BCUT2D eigenvalue weighted by Gasteiger charge is 2.54. The van der Waals surface area contributed by atoms with Gasteiger partial charge >= 0.3 is 19.3 Å². The number of nitrogens with one attached hydrogen (secondary N) is 1. The van der Waals surface area contributed by atoms with Gasteiger partial charge in [-0.25, -0.2) is 14.3 Å². The van der Waals surface area contributed by atoms with Crippen molar-refractivity contribution >= 4 is 47.3 Å². The maximum atomic E-state index is 12.9. The van der Waals surface area contributed by atoms with Crippen LogP contribution in [0.1, 0.15) is 118 Å². The fourth-order valence-electron chi connectivity index (χ4n) is 7.26. The Labute approximate surface area is 289 Å². The molecule has 0 spiro atoms. The topological polar surface area (TPSA) is 113 Å². The highest BCUT2D eigenvalue weighted by Crippen LogP contribution is 2.52. The molecule has 13 heteroatoms. The number of hydrogen-bond acceptors (Lipinski definition) is 8. The molecule has 2 aromatic rings. The molecular weight excluding hydrogens is 635 g/mol. The van der Waals surface area contributed by atoms with E-state index in [0.29, 0.717) is 30.5 Å². The Balaban J connectivity index is 1.13. The fraction of sp³-hybridized carbons (Fsp3) is 0.743. The Bertz CT molecular complexity index is 1520. The van der Waals surface area contributed by atoms with Crippen molar-refractivity contribution in [2.75, 3.05) is 26.3 Å². The van der Waals surface area contributed by atoms with E-state index in [1.165, 1.54) is 0 Å². The standard InChI is InChI=1S/C35H52BClN4O7/c1-32(2,3)46-31(43)40-15-11-14-35(8,21-40)39-30(42)45-17-13-22-18-23(22)28-25(37)19-26-24(20-38-41(26)27-12-9-10-16-44-27)29(28)36-47-33(4,5)34(6,7)48-36/h19-20,22-23,27H,9-18,21H2,1-8H3,(H,39,42)/t22-,23+,27?,35-/m1/s1. The minimum atomic E-state index is -0.601. The number of hydrogen-bond donors (Lipinski definition) is 1. The third kappa shape index (κ3) is 7.32. The zero-order valence-electron chi connectivity index (χ0n) is 29.8. The lowest BCUT2D eigenvalue weighted by atomic mass is 9.72. The maximum Gasteiger partial charge on any atom is 0.495 e. The summed E-state index contributed by atoms with van der Waals surface area (Å²) in [5.74, 6) is 0.466. The lowest BCUT2D eigenvalue weighted by molar-refractivity contribution is -0.0366. The first kappa shape index (κ1) is 35.3. The second kappa shape index (κ2) is 13.0. The zero-order chi connectivity index (χ0) is 34.6. The van der Waals surface area contributed by atoms with Gasteiger partial charge in [-0.1, -0.05) is 11.6 Å². The van der Waals surface area contributed by atoms with Gasteiger partial charge in [0.1, 0.15) is 5.60 Å². The second-order valence-electron chi connectivity index (χ2n) is 16.3. The van der Waals surface area contributed by atoms with E-state index in [1.54, 1.807) is 4.90 Å². The van der Waals surface area contributed by atoms with Gasteiger partial charge in [-0.15, -0.1) is 0 Å². The van der Waals surface area contributed by atoms with E-state index in [1.807, 2.05) is 44.6 Å². The third-order valence-electron chi connectivity index (χ3n) is 10.6. The molecule has 2 amide bonds. The largest absolute Gasteiger partial charge is 0.495 e. The van der Waals surface area contributed by atoms with E-state index in [0.717, 1.165) is 67.1 Å². The van der Waals surface area contributed by atoms with Crippen molar-refractivity contribution in [3.05, 3.63) is 22.8 Å². The van der Waals surface area contributed by atoms with E-state index in [4.69, 9.17) is 40.2 Å². The summed E-state index contributed by atoms with van der Waals surface area (Å²) in [6, 6.07) is 2.01. The summed E-state index contributed by atoms with van der Waals surface area (Å²) in [5.41, 5.74) is 0.665. The van der Waals surface area contributed by atoms with Crippen LogP contribution in [0.2, 0.25) is 5.02 Å². The fourth-order valence-corrected chi connectivity index (χ4v) is 7.61. The minimum absolute atomic E-state index is 0.127. The van der Waals surface area contributed by atoms with Crippen molar-refractivity contribution in [3.63, 3.8) is 0 Å². The van der Waals surface area contributed by atoms with Gasteiger partial charge in [0.05, 0.1) is 35.1 Å². The molecular formula is C35H52BClN4O7. The summed E-state index contributed by atoms with van der Waals surface area (Å²) in [4.78, 5) is 27.2. The molecule has 1 saturated carbocycles. The Morgan fingerprint density at radius 1 is 1.12 bits per heavy atom. The lowest BCUT2D eigenvalue weighted by Gasteiger charge is -2.40. The van der Waals surface area contributed by atoms with Crippen LogP contribution in [0.4, 0.5) is 9.59 Å². The predicted molar refractivity (Wildman–Crippen MR) is 185 cm³/mol. The molecule has 6 rings (SSSR count). The highest BCUT2D eigenvalue weighted by atomic mass is 35.5. The van der Waals surface area contributed by atoms with Crippen LogP contribution < -0.4 is 10.8 Å². The van der Waals surface area contributed by atoms with Crippen LogP contribution in [0, 0.1) is 5.92 Å². The summed E-state index contributed by atoms with van der Waals surface area (Å²) < 4.78 is 32.5. The van der Waals surface area contributed by atoms with Crippen LogP contribution in [0.25, 0.3) is 10.9 Å². The monoisotopic (exact) mass is 686 g/mol. The number of ether oxygens (including phenoxy) is 3. The second-order valence-corrected chi connectivity index (χ2v) is 16.7. The first-order chi connectivity index (χ1) is 22.5. The van der Waals surface area contributed by atoms with Crippen LogP contribution in [0.3, 0.4) is 0 Å². The van der Waals surface area contributed by atoms with Crippen molar-refractivity contribution in [1.29, 1.82) is 0 Å². The number of benzene rings is 1. The van der Waals surface area contributed by atoms with Crippen LogP contribution in [0.5, 0.6) is 0 Å².